The zero-order chi connectivity index (χ0) is 17.2. The van der Waals surface area contributed by atoms with E-state index in [0.29, 0.717) is 18.3 Å². The first kappa shape index (κ1) is 18.1. The third-order valence-electron chi connectivity index (χ3n) is 4.16. The Labute approximate surface area is 139 Å². The van der Waals surface area contributed by atoms with Gasteiger partial charge in [0.1, 0.15) is 5.75 Å². The second kappa shape index (κ2) is 7.14. The minimum Gasteiger partial charge on any atom is -0.463 e. The molecule has 0 N–H and O–H groups in total. The largest absolute Gasteiger partial charge is 0.463 e. The molecule has 0 amide bonds. The maximum atomic E-state index is 12.6. The number of hydrogen-bond donors (Lipinski definition) is 0. The first-order valence-electron chi connectivity index (χ1n) is 7.44. The molecule has 1 fully saturated rings. The Kier molecular flexibility index (Phi) is 5.63. The molecule has 0 heterocycles. The monoisotopic (exact) mass is 348 g/mol. The summed E-state index contributed by atoms with van der Waals surface area (Å²) >= 11 is 5.89. The van der Waals surface area contributed by atoms with Crippen LogP contribution in [-0.2, 0) is 10.9 Å². The molecule has 0 aromatic heterocycles. The molecule has 2 rings (SSSR count). The predicted molar refractivity (Wildman–Crippen MR) is 83.5 cm³/mol. The Morgan fingerprint density at radius 3 is 2.52 bits per heavy atom. The highest BCUT2D eigenvalue weighted by Crippen LogP contribution is 2.40. The molecule has 0 aliphatic heterocycles. The van der Waals surface area contributed by atoms with E-state index in [1.807, 2.05) is 0 Å². The maximum absolute atomic E-state index is 12.6. The second-order valence-corrected chi connectivity index (χ2v) is 6.47. The van der Waals surface area contributed by atoms with Gasteiger partial charge in [0, 0.05) is 13.5 Å². The number of alkyl halides is 3. The fourth-order valence-corrected chi connectivity index (χ4v) is 2.93. The Balaban J connectivity index is 2.00. The van der Waals surface area contributed by atoms with Crippen molar-refractivity contribution in [3.05, 3.63) is 40.9 Å². The third kappa shape index (κ3) is 4.64. The van der Waals surface area contributed by atoms with Gasteiger partial charge >= 0.3 is 6.18 Å². The molecular weight excluding hydrogens is 329 g/mol. The fourth-order valence-electron chi connectivity index (χ4n) is 2.70. The van der Waals surface area contributed by atoms with Gasteiger partial charge in [0.15, 0.2) is 0 Å². The van der Waals surface area contributed by atoms with Crippen LogP contribution in [0.5, 0.6) is 5.75 Å². The number of ether oxygens (including phenoxy) is 2. The van der Waals surface area contributed by atoms with E-state index in [0.717, 1.165) is 30.5 Å². The van der Waals surface area contributed by atoms with Gasteiger partial charge in [0.25, 0.3) is 0 Å². The topological polar surface area (TPSA) is 18.5 Å². The Hall–Kier alpha value is -1.20. The quantitative estimate of drug-likeness (QED) is 0.484. The van der Waals surface area contributed by atoms with Crippen LogP contribution in [0.1, 0.15) is 31.7 Å². The van der Waals surface area contributed by atoms with Gasteiger partial charge in [-0.1, -0.05) is 30.7 Å². The van der Waals surface area contributed by atoms with Crippen LogP contribution in [-0.4, -0.2) is 13.4 Å². The highest BCUT2D eigenvalue weighted by Gasteiger charge is 2.32. The van der Waals surface area contributed by atoms with Crippen molar-refractivity contribution in [2.45, 2.75) is 38.7 Å². The minimum absolute atomic E-state index is 0.0928. The zero-order valence-electron chi connectivity index (χ0n) is 13.1. The van der Waals surface area contributed by atoms with E-state index < -0.39 is 18.0 Å². The van der Waals surface area contributed by atoms with Crippen molar-refractivity contribution in [2.75, 3.05) is 7.11 Å². The van der Waals surface area contributed by atoms with Crippen LogP contribution in [0, 0.1) is 11.8 Å². The lowest BCUT2D eigenvalue weighted by atomic mass is 9.72. The minimum atomic E-state index is -4.43. The van der Waals surface area contributed by atoms with Crippen molar-refractivity contribution in [1.82, 2.24) is 0 Å². The first-order chi connectivity index (χ1) is 10.7. The number of benzene rings is 1. The van der Waals surface area contributed by atoms with Crippen LogP contribution in [0.25, 0.3) is 0 Å². The van der Waals surface area contributed by atoms with Crippen molar-refractivity contribution in [3.8, 4) is 5.75 Å². The summed E-state index contributed by atoms with van der Waals surface area (Å²) in [6.45, 7) is 6.26. The van der Waals surface area contributed by atoms with Gasteiger partial charge in [-0.15, -0.1) is 0 Å². The number of halogens is 4. The second-order valence-electron chi connectivity index (χ2n) is 6.06. The van der Waals surface area contributed by atoms with E-state index in [1.165, 1.54) is 13.2 Å². The van der Waals surface area contributed by atoms with Crippen LogP contribution >= 0.6 is 11.6 Å². The van der Waals surface area contributed by atoms with E-state index in [1.54, 1.807) is 0 Å². The van der Waals surface area contributed by atoms with Crippen molar-refractivity contribution >= 4 is 11.6 Å². The Morgan fingerprint density at radius 2 is 2.04 bits per heavy atom. The van der Waals surface area contributed by atoms with Crippen LogP contribution < -0.4 is 4.74 Å². The van der Waals surface area contributed by atoms with Gasteiger partial charge in [-0.05, 0) is 42.9 Å². The van der Waals surface area contributed by atoms with Crippen LogP contribution in [0.2, 0.25) is 5.02 Å². The molecule has 1 aromatic rings. The van der Waals surface area contributed by atoms with Gasteiger partial charge in [0.05, 0.1) is 10.6 Å². The molecule has 0 bridgehead atoms. The lowest BCUT2D eigenvalue weighted by molar-refractivity contribution is -0.137. The SMILES string of the molecule is C=C(CC(OC)Oc1ccc(C(F)(F)F)cc1Cl)C1CC(C)C1. The van der Waals surface area contributed by atoms with Crippen molar-refractivity contribution in [3.63, 3.8) is 0 Å². The van der Waals surface area contributed by atoms with Crippen LogP contribution in [0.3, 0.4) is 0 Å². The summed E-state index contributed by atoms with van der Waals surface area (Å²) < 4.78 is 48.7. The summed E-state index contributed by atoms with van der Waals surface area (Å²) in [4.78, 5) is 0. The molecule has 0 radical (unpaired) electrons. The molecule has 1 aliphatic rings. The highest BCUT2D eigenvalue weighted by atomic mass is 35.5. The van der Waals surface area contributed by atoms with Gasteiger partial charge in [-0.25, -0.2) is 0 Å². The molecule has 2 nitrogen and oxygen atoms in total. The summed E-state index contributed by atoms with van der Waals surface area (Å²) in [6.07, 6.45) is -2.34. The lowest BCUT2D eigenvalue weighted by Crippen LogP contribution is -2.27. The highest BCUT2D eigenvalue weighted by molar-refractivity contribution is 6.32. The molecule has 6 heteroatoms. The number of methoxy groups -OCH3 is 1. The average molecular weight is 349 g/mol. The van der Waals surface area contributed by atoms with Gasteiger partial charge in [-0.3, -0.25) is 0 Å². The van der Waals surface area contributed by atoms with Gasteiger partial charge in [-0.2, -0.15) is 13.2 Å². The predicted octanol–water partition coefficient (Wildman–Crippen LogP) is 5.70. The Morgan fingerprint density at radius 1 is 1.39 bits per heavy atom. The Bertz CT molecular complexity index is 565. The molecular formula is C17H20ClF3O2. The summed E-state index contributed by atoms with van der Waals surface area (Å²) in [5.74, 6) is 1.35. The molecule has 128 valence electrons. The summed E-state index contributed by atoms with van der Waals surface area (Å²) in [5.41, 5.74) is 0.231. The standard InChI is InChI=1S/C17H20ClF3O2/c1-10-6-12(7-10)11(2)8-16(22-3)23-15-5-4-13(9-14(15)18)17(19,20)21/h4-5,9-10,12,16H,2,6-8H2,1,3H3. The van der Waals surface area contributed by atoms with E-state index >= 15 is 0 Å². The fraction of sp³-hybridized carbons (Fsp3) is 0.529. The van der Waals surface area contributed by atoms with E-state index in [4.69, 9.17) is 21.1 Å². The zero-order valence-corrected chi connectivity index (χ0v) is 13.9. The summed E-state index contributed by atoms with van der Waals surface area (Å²) in [5, 5.41) is -0.0928. The van der Waals surface area contributed by atoms with Crippen LogP contribution in [0.4, 0.5) is 13.2 Å². The molecule has 0 saturated heterocycles. The smallest absolute Gasteiger partial charge is 0.416 e. The van der Waals surface area contributed by atoms with Crippen molar-refractivity contribution in [1.29, 1.82) is 0 Å². The summed E-state index contributed by atoms with van der Waals surface area (Å²) in [7, 11) is 1.49. The molecule has 1 aromatic carbocycles. The molecule has 1 atom stereocenters. The third-order valence-corrected chi connectivity index (χ3v) is 4.46. The number of rotatable bonds is 6. The van der Waals surface area contributed by atoms with Crippen molar-refractivity contribution in [2.24, 2.45) is 11.8 Å². The molecule has 1 aliphatic carbocycles. The van der Waals surface area contributed by atoms with E-state index in [-0.39, 0.29) is 10.8 Å². The normalized spacial score (nSPS) is 22.3. The van der Waals surface area contributed by atoms with Gasteiger partial charge in [0.2, 0.25) is 6.29 Å². The maximum Gasteiger partial charge on any atom is 0.416 e. The molecule has 1 unspecified atom stereocenters. The van der Waals surface area contributed by atoms with Gasteiger partial charge < -0.3 is 9.47 Å². The van der Waals surface area contributed by atoms with E-state index in [2.05, 4.69) is 13.5 Å². The first-order valence-corrected chi connectivity index (χ1v) is 7.82. The number of hydrogen-bond acceptors (Lipinski definition) is 2. The summed E-state index contributed by atoms with van der Waals surface area (Å²) in [6, 6.07) is 3.01. The lowest BCUT2D eigenvalue weighted by Gasteiger charge is -2.35. The van der Waals surface area contributed by atoms with Crippen LogP contribution in [0.15, 0.2) is 30.4 Å². The van der Waals surface area contributed by atoms with E-state index in [9.17, 15) is 13.2 Å². The van der Waals surface area contributed by atoms with Crippen molar-refractivity contribution < 1.29 is 22.6 Å². The molecule has 23 heavy (non-hydrogen) atoms. The molecule has 0 spiro atoms. The molecule has 1 saturated carbocycles. The average Bonchev–Trinajstić information content (AvgIpc) is 2.43.